The number of hydrogen-bond donors (Lipinski definition) is 0. The normalized spacial score (nSPS) is 10.3. The number of unbranched alkanes of at least 4 members (excludes halogenated alkanes) is 3. The highest BCUT2D eigenvalue weighted by molar-refractivity contribution is 9.10. The summed E-state index contributed by atoms with van der Waals surface area (Å²) >= 11 is 3.42. The molecule has 0 saturated carbocycles. The Labute approximate surface area is 123 Å². The summed E-state index contributed by atoms with van der Waals surface area (Å²) < 4.78 is 11.2. The summed E-state index contributed by atoms with van der Waals surface area (Å²) in [7, 11) is 3.15. The van der Waals surface area contributed by atoms with Gasteiger partial charge in [-0.1, -0.05) is 26.2 Å². The fourth-order valence-corrected chi connectivity index (χ4v) is 2.46. The van der Waals surface area contributed by atoms with Crippen LogP contribution in [0.25, 0.3) is 0 Å². The number of carbonyl (C=O) groups is 1. The monoisotopic (exact) mass is 328 g/mol. The average molecular weight is 329 g/mol. The van der Waals surface area contributed by atoms with E-state index < -0.39 is 0 Å². The summed E-state index contributed by atoms with van der Waals surface area (Å²) in [6.07, 6.45) is 4.98. The summed E-state index contributed by atoms with van der Waals surface area (Å²) in [5.74, 6) is 1.35. The molecule has 0 spiro atoms. The molecule has 4 heteroatoms. The fraction of sp³-hybridized carbons (Fsp3) is 0.533. The number of benzene rings is 1. The molecule has 0 heterocycles. The first-order valence-corrected chi connectivity index (χ1v) is 7.38. The van der Waals surface area contributed by atoms with Crippen LogP contribution < -0.4 is 9.47 Å². The number of methoxy groups -OCH3 is 2. The second-order valence-corrected chi connectivity index (χ2v) is 5.28. The Morgan fingerprint density at radius 1 is 1.11 bits per heavy atom. The zero-order valence-corrected chi connectivity index (χ0v) is 13.4. The molecule has 0 aliphatic heterocycles. The Morgan fingerprint density at radius 2 is 1.74 bits per heavy atom. The third kappa shape index (κ3) is 4.53. The van der Waals surface area contributed by atoms with Gasteiger partial charge in [-0.3, -0.25) is 4.79 Å². The standard InChI is InChI=1S/C15H21BrO3/c1-4-5-6-7-8-13(17)11-9-14(18-2)15(19-3)10-12(11)16/h9-10H,4-8H2,1-3H3. The lowest BCUT2D eigenvalue weighted by Gasteiger charge is -2.11. The van der Waals surface area contributed by atoms with Crippen molar-refractivity contribution in [3.63, 3.8) is 0 Å². The minimum Gasteiger partial charge on any atom is -0.493 e. The highest BCUT2D eigenvalue weighted by Gasteiger charge is 2.15. The topological polar surface area (TPSA) is 35.5 Å². The van der Waals surface area contributed by atoms with Crippen molar-refractivity contribution in [3.05, 3.63) is 22.2 Å². The van der Waals surface area contributed by atoms with Crippen molar-refractivity contribution in [3.8, 4) is 11.5 Å². The molecule has 0 bridgehead atoms. The first-order chi connectivity index (χ1) is 9.13. The molecule has 1 aromatic rings. The highest BCUT2D eigenvalue weighted by Crippen LogP contribution is 2.34. The average Bonchev–Trinajstić information content (AvgIpc) is 2.42. The van der Waals surface area contributed by atoms with Crippen LogP contribution in [0.1, 0.15) is 49.4 Å². The molecule has 19 heavy (non-hydrogen) atoms. The third-order valence-corrected chi connectivity index (χ3v) is 3.69. The second-order valence-electron chi connectivity index (χ2n) is 4.42. The summed E-state index contributed by atoms with van der Waals surface area (Å²) in [4.78, 5) is 12.2. The molecule has 0 N–H and O–H groups in total. The molecule has 0 aromatic heterocycles. The highest BCUT2D eigenvalue weighted by atomic mass is 79.9. The van der Waals surface area contributed by atoms with Crippen LogP contribution in [0.2, 0.25) is 0 Å². The van der Waals surface area contributed by atoms with E-state index in [1.54, 1.807) is 26.4 Å². The molecule has 1 aromatic carbocycles. The summed E-state index contributed by atoms with van der Waals surface area (Å²) in [6, 6.07) is 3.52. The van der Waals surface area contributed by atoms with Crippen LogP contribution in [0, 0.1) is 0 Å². The maximum absolute atomic E-state index is 12.2. The molecule has 106 valence electrons. The maximum atomic E-state index is 12.2. The molecule has 0 aliphatic rings. The van der Waals surface area contributed by atoms with Gasteiger partial charge in [-0.2, -0.15) is 0 Å². The second kappa shape index (κ2) is 8.20. The minimum absolute atomic E-state index is 0.143. The summed E-state index contributed by atoms with van der Waals surface area (Å²) in [5, 5.41) is 0. The lowest BCUT2D eigenvalue weighted by Crippen LogP contribution is -2.02. The van der Waals surface area contributed by atoms with Gasteiger partial charge in [0.15, 0.2) is 17.3 Å². The maximum Gasteiger partial charge on any atom is 0.164 e. The zero-order valence-electron chi connectivity index (χ0n) is 11.8. The van der Waals surface area contributed by atoms with Gasteiger partial charge in [-0.05, 0) is 34.5 Å². The number of halogens is 1. The Kier molecular flexibility index (Phi) is 6.92. The molecule has 0 fully saturated rings. The van der Waals surface area contributed by atoms with E-state index in [1.807, 2.05) is 0 Å². The van der Waals surface area contributed by atoms with Gasteiger partial charge in [-0.15, -0.1) is 0 Å². The first kappa shape index (κ1) is 16.0. The van der Waals surface area contributed by atoms with Gasteiger partial charge in [0, 0.05) is 16.5 Å². The number of ether oxygens (including phenoxy) is 2. The van der Waals surface area contributed by atoms with E-state index in [-0.39, 0.29) is 5.78 Å². The van der Waals surface area contributed by atoms with Crippen molar-refractivity contribution in [1.82, 2.24) is 0 Å². The van der Waals surface area contributed by atoms with E-state index in [0.29, 0.717) is 23.5 Å². The van der Waals surface area contributed by atoms with E-state index >= 15 is 0 Å². The van der Waals surface area contributed by atoms with E-state index in [0.717, 1.165) is 17.3 Å². The molecule has 1 rings (SSSR count). The van der Waals surface area contributed by atoms with Crippen molar-refractivity contribution in [2.45, 2.75) is 39.0 Å². The Bertz CT molecular complexity index is 430. The number of ketones is 1. The third-order valence-electron chi connectivity index (χ3n) is 3.03. The Balaban J connectivity index is 2.79. The van der Waals surface area contributed by atoms with Gasteiger partial charge >= 0.3 is 0 Å². The van der Waals surface area contributed by atoms with Crippen molar-refractivity contribution in [1.29, 1.82) is 0 Å². The van der Waals surface area contributed by atoms with Crippen LogP contribution in [0.4, 0.5) is 0 Å². The molecular weight excluding hydrogens is 308 g/mol. The van der Waals surface area contributed by atoms with Crippen LogP contribution in [0.5, 0.6) is 11.5 Å². The largest absolute Gasteiger partial charge is 0.493 e. The first-order valence-electron chi connectivity index (χ1n) is 6.58. The van der Waals surface area contributed by atoms with Gasteiger partial charge in [0.1, 0.15) is 0 Å². The van der Waals surface area contributed by atoms with Crippen LogP contribution in [-0.2, 0) is 0 Å². The predicted molar refractivity (Wildman–Crippen MR) is 80.3 cm³/mol. The molecule has 0 saturated heterocycles. The number of hydrogen-bond acceptors (Lipinski definition) is 3. The number of Topliss-reactive ketones (excluding diaryl/α,β-unsaturated/α-hetero) is 1. The van der Waals surface area contributed by atoms with Crippen LogP contribution in [0.3, 0.4) is 0 Å². The molecular formula is C15H21BrO3. The van der Waals surface area contributed by atoms with Gasteiger partial charge in [0.05, 0.1) is 14.2 Å². The van der Waals surface area contributed by atoms with Gasteiger partial charge in [0.25, 0.3) is 0 Å². The lowest BCUT2D eigenvalue weighted by atomic mass is 10.0. The Hall–Kier alpha value is -1.03. The van der Waals surface area contributed by atoms with Crippen LogP contribution in [-0.4, -0.2) is 20.0 Å². The van der Waals surface area contributed by atoms with Gasteiger partial charge < -0.3 is 9.47 Å². The van der Waals surface area contributed by atoms with E-state index in [1.165, 1.54) is 12.8 Å². The molecule has 3 nitrogen and oxygen atoms in total. The van der Waals surface area contributed by atoms with E-state index in [9.17, 15) is 4.79 Å². The van der Waals surface area contributed by atoms with Crippen molar-refractivity contribution in [2.75, 3.05) is 14.2 Å². The smallest absolute Gasteiger partial charge is 0.164 e. The molecule has 0 unspecified atom stereocenters. The minimum atomic E-state index is 0.143. The van der Waals surface area contributed by atoms with Gasteiger partial charge in [0.2, 0.25) is 0 Å². The van der Waals surface area contributed by atoms with Crippen LogP contribution in [0.15, 0.2) is 16.6 Å². The van der Waals surface area contributed by atoms with Crippen LogP contribution >= 0.6 is 15.9 Å². The number of rotatable bonds is 8. The SMILES string of the molecule is CCCCCCC(=O)c1cc(OC)c(OC)cc1Br. The van der Waals surface area contributed by atoms with Gasteiger partial charge in [-0.25, -0.2) is 0 Å². The lowest BCUT2D eigenvalue weighted by molar-refractivity contribution is 0.0978. The summed E-state index contributed by atoms with van der Waals surface area (Å²) in [5.41, 5.74) is 0.661. The zero-order chi connectivity index (χ0) is 14.3. The molecule has 0 radical (unpaired) electrons. The van der Waals surface area contributed by atoms with E-state index in [4.69, 9.17) is 9.47 Å². The molecule has 0 aliphatic carbocycles. The molecule has 0 atom stereocenters. The fourth-order valence-electron chi connectivity index (χ4n) is 1.91. The summed E-state index contributed by atoms with van der Waals surface area (Å²) in [6.45, 7) is 2.16. The van der Waals surface area contributed by atoms with E-state index in [2.05, 4.69) is 22.9 Å². The van der Waals surface area contributed by atoms with Crippen molar-refractivity contribution < 1.29 is 14.3 Å². The predicted octanol–water partition coefficient (Wildman–Crippen LogP) is 4.62. The quantitative estimate of drug-likeness (QED) is 0.516. The van der Waals surface area contributed by atoms with Crippen molar-refractivity contribution in [2.24, 2.45) is 0 Å². The molecule has 0 amide bonds. The Morgan fingerprint density at radius 3 is 2.32 bits per heavy atom. The van der Waals surface area contributed by atoms with Crippen molar-refractivity contribution >= 4 is 21.7 Å². The number of carbonyl (C=O) groups excluding carboxylic acids is 1.